The number of fused-ring (bicyclic) bond motifs is 1. The van der Waals surface area contributed by atoms with Gasteiger partial charge in [-0.05, 0) is 24.6 Å². The zero-order valence-electron chi connectivity index (χ0n) is 15.4. The number of hydrogen-bond donors (Lipinski definition) is 1. The molecular weight excluding hydrogens is 410 g/mol. The molecule has 1 N–H and O–H groups in total. The van der Waals surface area contributed by atoms with E-state index in [9.17, 15) is 9.59 Å². The highest BCUT2D eigenvalue weighted by molar-refractivity contribution is 7.15. The molecule has 0 aliphatic heterocycles. The first-order valence-corrected chi connectivity index (χ1v) is 10.1. The van der Waals surface area contributed by atoms with Gasteiger partial charge in [0.15, 0.2) is 5.69 Å². The van der Waals surface area contributed by atoms with Gasteiger partial charge in [-0.15, -0.1) is 11.3 Å². The largest absolute Gasteiger partial charge is 0.462 e. The fourth-order valence-corrected chi connectivity index (χ4v) is 4.19. The average Bonchev–Trinajstić information content (AvgIpc) is 3.30. The Morgan fingerprint density at radius 1 is 1.17 bits per heavy atom. The van der Waals surface area contributed by atoms with Crippen LogP contribution in [0.5, 0.6) is 0 Å². The summed E-state index contributed by atoms with van der Waals surface area (Å²) in [5, 5.41) is 9.48. The summed E-state index contributed by atoms with van der Waals surface area (Å²) < 4.78 is 6.75. The summed E-state index contributed by atoms with van der Waals surface area (Å²) in [6.07, 6.45) is 1.71. The van der Waals surface area contributed by atoms with Crippen molar-refractivity contribution in [3.8, 4) is 11.1 Å². The highest BCUT2D eigenvalue weighted by Crippen LogP contribution is 2.36. The van der Waals surface area contributed by atoms with Gasteiger partial charge < -0.3 is 10.1 Å². The van der Waals surface area contributed by atoms with Gasteiger partial charge in [-0.2, -0.15) is 5.10 Å². The number of carbonyl (C=O) groups is 2. The van der Waals surface area contributed by atoms with Crippen LogP contribution in [-0.2, 0) is 4.74 Å². The Morgan fingerprint density at radius 3 is 2.66 bits per heavy atom. The number of hydrogen-bond acceptors (Lipinski definition) is 5. The van der Waals surface area contributed by atoms with Gasteiger partial charge in [-0.3, -0.25) is 4.79 Å². The van der Waals surface area contributed by atoms with Gasteiger partial charge in [0, 0.05) is 17.1 Å². The number of halogens is 1. The molecule has 0 saturated carbocycles. The van der Waals surface area contributed by atoms with E-state index in [1.807, 2.05) is 41.8 Å². The van der Waals surface area contributed by atoms with Gasteiger partial charge in [0.25, 0.3) is 5.91 Å². The van der Waals surface area contributed by atoms with Crippen molar-refractivity contribution in [3.05, 3.63) is 76.4 Å². The highest BCUT2D eigenvalue weighted by atomic mass is 35.5. The lowest BCUT2D eigenvalue weighted by Crippen LogP contribution is -2.15. The second-order valence-electron chi connectivity index (χ2n) is 6.09. The summed E-state index contributed by atoms with van der Waals surface area (Å²) in [6.45, 7) is 1.97. The molecule has 29 heavy (non-hydrogen) atoms. The minimum atomic E-state index is -0.496. The van der Waals surface area contributed by atoms with Crippen molar-refractivity contribution >= 4 is 45.3 Å². The highest BCUT2D eigenvalue weighted by Gasteiger charge is 2.25. The molecule has 0 aliphatic carbocycles. The van der Waals surface area contributed by atoms with E-state index in [0.717, 1.165) is 5.56 Å². The minimum absolute atomic E-state index is 0.0855. The van der Waals surface area contributed by atoms with Gasteiger partial charge in [0.2, 0.25) is 0 Å². The Balaban J connectivity index is 1.72. The van der Waals surface area contributed by atoms with E-state index in [2.05, 4.69) is 10.4 Å². The normalized spacial score (nSPS) is 10.8. The molecule has 0 bridgehead atoms. The number of thiophene rings is 1. The number of anilines is 1. The van der Waals surface area contributed by atoms with Gasteiger partial charge in [-0.25, -0.2) is 9.31 Å². The molecule has 0 fully saturated rings. The maximum Gasteiger partial charge on any atom is 0.341 e. The smallest absolute Gasteiger partial charge is 0.341 e. The van der Waals surface area contributed by atoms with Gasteiger partial charge in [0.1, 0.15) is 10.6 Å². The third-order valence-electron chi connectivity index (χ3n) is 4.28. The predicted octanol–water partition coefficient (Wildman–Crippen LogP) is 5.15. The van der Waals surface area contributed by atoms with Crippen LogP contribution < -0.4 is 5.32 Å². The Labute approximate surface area is 175 Å². The number of nitrogens with one attached hydrogen (secondary N) is 1. The summed E-state index contributed by atoms with van der Waals surface area (Å²) in [5.74, 6) is -0.991. The standard InChI is InChI=1S/C21H16ClN3O3S/c1-2-28-21(27)16-14(13-8-4-3-5-9-13)12-29-20(16)23-19(26)18-17(22)15-10-6-7-11-25(15)24-18/h3-12H,2H2,1H3,(H,23,26). The van der Waals surface area contributed by atoms with E-state index in [1.165, 1.54) is 15.9 Å². The van der Waals surface area contributed by atoms with Crippen LogP contribution in [-0.4, -0.2) is 28.1 Å². The van der Waals surface area contributed by atoms with Crippen LogP contribution in [0.1, 0.15) is 27.8 Å². The fraction of sp³-hybridized carbons (Fsp3) is 0.0952. The summed E-state index contributed by atoms with van der Waals surface area (Å²) in [7, 11) is 0. The van der Waals surface area contributed by atoms with Crippen molar-refractivity contribution in [2.75, 3.05) is 11.9 Å². The molecular formula is C21H16ClN3O3S. The maximum atomic E-state index is 12.9. The molecule has 0 atom stereocenters. The molecule has 3 heterocycles. The zero-order valence-corrected chi connectivity index (χ0v) is 17.0. The number of ether oxygens (including phenoxy) is 1. The molecule has 0 unspecified atom stereocenters. The van der Waals surface area contributed by atoms with Crippen molar-refractivity contribution in [3.63, 3.8) is 0 Å². The van der Waals surface area contributed by atoms with E-state index in [0.29, 0.717) is 21.6 Å². The minimum Gasteiger partial charge on any atom is -0.462 e. The Kier molecular flexibility index (Phi) is 5.33. The Morgan fingerprint density at radius 2 is 1.93 bits per heavy atom. The second kappa shape index (κ2) is 8.06. The van der Waals surface area contributed by atoms with E-state index in [4.69, 9.17) is 16.3 Å². The van der Waals surface area contributed by atoms with Crippen LogP contribution in [0.4, 0.5) is 5.00 Å². The first-order valence-electron chi connectivity index (χ1n) is 8.88. The molecule has 0 aliphatic rings. The number of benzene rings is 1. The van der Waals surface area contributed by atoms with Gasteiger partial charge in [0.05, 0.1) is 17.1 Å². The molecule has 4 aromatic rings. The number of amides is 1. The van der Waals surface area contributed by atoms with Crippen molar-refractivity contribution in [2.45, 2.75) is 6.92 Å². The van der Waals surface area contributed by atoms with E-state index in [1.54, 1.807) is 25.3 Å². The van der Waals surface area contributed by atoms with Crippen molar-refractivity contribution in [2.24, 2.45) is 0 Å². The average molecular weight is 426 g/mol. The molecule has 3 aromatic heterocycles. The first-order chi connectivity index (χ1) is 14.1. The molecule has 4 rings (SSSR count). The van der Waals surface area contributed by atoms with Gasteiger partial charge in [-0.1, -0.05) is 48.0 Å². The van der Waals surface area contributed by atoms with Crippen molar-refractivity contribution in [1.29, 1.82) is 0 Å². The topological polar surface area (TPSA) is 72.7 Å². The third-order valence-corrected chi connectivity index (χ3v) is 5.55. The molecule has 1 amide bonds. The van der Waals surface area contributed by atoms with E-state index in [-0.39, 0.29) is 17.3 Å². The number of aromatic nitrogens is 2. The molecule has 6 nitrogen and oxygen atoms in total. The number of rotatable bonds is 5. The maximum absolute atomic E-state index is 12.9. The van der Waals surface area contributed by atoms with Crippen LogP contribution >= 0.6 is 22.9 Å². The van der Waals surface area contributed by atoms with Gasteiger partial charge >= 0.3 is 5.97 Å². The molecule has 146 valence electrons. The van der Waals surface area contributed by atoms with Crippen LogP contribution in [0.3, 0.4) is 0 Å². The van der Waals surface area contributed by atoms with Crippen molar-refractivity contribution < 1.29 is 14.3 Å². The van der Waals surface area contributed by atoms with Crippen molar-refractivity contribution in [1.82, 2.24) is 9.61 Å². The molecule has 0 spiro atoms. The zero-order chi connectivity index (χ0) is 20.4. The van der Waals surface area contributed by atoms with E-state index >= 15 is 0 Å². The van der Waals surface area contributed by atoms with Crippen LogP contribution in [0.2, 0.25) is 5.02 Å². The predicted molar refractivity (Wildman–Crippen MR) is 114 cm³/mol. The quantitative estimate of drug-likeness (QED) is 0.449. The second-order valence-corrected chi connectivity index (χ2v) is 7.34. The number of nitrogens with zero attached hydrogens (tertiary/aromatic N) is 2. The van der Waals surface area contributed by atoms with Crippen LogP contribution in [0.15, 0.2) is 60.1 Å². The Bertz CT molecular complexity index is 1200. The first kappa shape index (κ1) is 19.2. The summed E-state index contributed by atoms with van der Waals surface area (Å²) in [4.78, 5) is 25.5. The molecule has 8 heteroatoms. The lowest BCUT2D eigenvalue weighted by Gasteiger charge is -2.08. The number of carbonyl (C=O) groups excluding carboxylic acids is 2. The number of esters is 1. The summed E-state index contributed by atoms with van der Waals surface area (Å²) in [5.41, 5.74) is 2.59. The summed E-state index contributed by atoms with van der Waals surface area (Å²) in [6, 6.07) is 14.8. The molecule has 0 saturated heterocycles. The fourth-order valence-electron chi connectivity index (χ4n) is 2.96. The number of pyridine rings is 1. The monoisotopic (exact) mass is 425 g/mol. The third kappa shape index (κ3) is 3.62. The SMILES string of the molecule is CCOC(=O)c1c(-c2ccccc2)csc1NC(=O)c1nn2ccccc2c1Cl. The molecule has 1 aromatic carbocycles. The lowest BCUT2D eigenvalue weighted by molar-refractivity contribution is 0.0529. The lowest BCUT2D eigenvalue weighted by atomic mass is 10.0. The summed E-state index contributed by atoms with van der Waals surface area (Å²) >= 11 is 7.59. The molecule has 0 radical (unpaired) electrons. The van der Waals surface area contributed by atoms with E-state index < -0.39 is 11.9 Å². The Hall–Kier alpha value is -3.16. The van der Waals surface area contributed by atoms with Crippen LogP contribution in [0, 0.1) is 0 Å². The van der Waals surface area contributed by atoms with Crippen LogP contribution in [0.25, 0.3) is 16.6 Å².